The summed E-state index contributed by atoms with van der Waals surface area (Å²) in [6.45, 7) is 1.81. The van der Waals surface area contributed by atoms with E-state index in [4.69, 9.17) is 0 Å². The van der Waals surface area contributed by atoms with Crippen LogP contribution in [0.25, 0.3) is 5.69 Å². The van der Waals surface area contributed by atoms with E-state index >= 15 is 0 Å². The SMILES string of the molecule is O=C(c1nnn(-c2ccc(F)cc2)c1C(F)(F)F)N1CCC(C(=O)N2CCCCCC2)CC1. The molecule has 1 aromatic heterocycles. The van der Waals surface area contributed by atoms with Crippen LogP contribution in [-0.2, 0) is 11.0 Å². The molecule has 4 rings (SSSR count). The molecule has 2 saturated heterocycles. The second kappa shape index (κ2) is 9.48. The number of rotatable bonds is 3. The molecule has 7 nitrogen and oxygen atoms in total. The van der Waals surface area contributed by atoms with Gasteiger partial charge in [0.15, 0.2) is 11.4 Å². The molecule has 33 heavy (non-hydrogen) atoms. The number of piperidine rings is 1. The second-order valence-electron chi connectivity index (χ2n) is 8.48. The molecule has 0 unspecified atom stereocenters. The first-order chi connectivity index (χ1) is 15.8. The molecule has 2 amide bonds. The van der Waals surface area contributed by atoms with Crippen molar-refractivity contribution in [3.8, 4) is 5.69 Å². The Bertz CT molecular complexity index is 989. The van der Waals surface area contributed by atoms with Crippen LogP contribution >= 0.6 is 0 Å². The van der Waals surface area contributed by atoms with Crippen molar-refractivity contribution in [2.75, 3.05) is 26.2 Å². The van der Waals surface area contributed by atoms with Gasteiger partial charge in [-0.3, -0.25) is 9.59 Å². The summed E-state index contributed by atoms with van der Waals surface area (Å²) < 4.78 is 55.2. The van der Waals surface area contributed by atoms with Crippen LogP contribution in [0.5, 0.6) is 0 Å². The van der Waals surface area contributed by atoms with Crippen LogP contribution in [0.1, 0.15) is 54.7 Å². The average Bonchev–Trinajstić information content (AvgIpc) is 3.08. The highest BCUT2D eigenvalue weighted by Gasteiger charge is 2.43. The first kappa shape index (κ1) is 23.2. The summed E-state index contributed by atoms with van der Waals surface area (Å²) in [7, 11) is 0. The normalized spacial score (nSPS) is 18.3. The highest BCUT2D eigenvalue weighted by Crippen LogP contribution is 2.34. The van der Waals surface area contributed by atoms with Crippen molar-refractivity contribution in [1.29, 1.82) is 0 Å². The second-order valence-corrected chi connectivity index (χ2v) is 8.48. The Hall–Kier alpha value is -2.98. The summed E-state index contributed by atoms with van der Waals surface area (Å²) in [5.41, 5.74) is -2.16. The molecule has 2 aliphatic rings. The van der Waals surface area contributed by atoms with E-state index in [0.717, 1.165) is 63.0 Å². The molecule has 0 bridgehead atoms. The fourth-order valence-corrected chi connectivity index (χ4v) is 4.47. The molecule has 2 fully saturated rings. The largest absolute Gasteiger partial charge is 0.435 e. The fraction of sp³-hybridized carbons (Fsp3) is 0.545. The predicted molar refractivity (Wildman–Crippen MR) is 110 cm³/mol. The van der Waals surface area contributed by atoms with Crippen molar-refractivity contribution in [3.05, 3.63) is 41.5 Å². The van der Waals surface area contributed by atoms with Crippen molar-refractivity contribution >= 4 is 11.8 Å². The van der Waals surface area contributed by atoms with Gasteiger partial charge in [0.2, 0.25) is 5.91 Å². The molecular weight excluding hydrogens is 442 g/mol. The average molecular weight is 467 g/mol. The minimum Gasteiger partial charge on any atom is -0.342 e. The maximum atomic E-state index is 13.8. The quantitative estimate of drug-likeness (QED) is 0.646. The van der Waals surface area contributed by atoms with E-state index in [1.54, 1.807) is 0 Å². The number of alkyl halides is 3. The Morgan fingerprint density at radius 1 is 0.879 bits per heavy atom. The van der Waals surface area contributed by atoms with Crippen LogP contribution in [0.3, 0.4) is 0 Å². The fourth-order valence-electron chi connectivity index (χ4n) is 4.47. The number of hydrogen-bond acceptors (Lipinski definition) is 4. The van der Waals surface area contributed by atoms with Crippen LogP contribution in [0.4, 0.5) is 17.6 Å². The molecule has 2 aromatic rings. The highest BCUT2D eigenvalue weighted by molar-refractivity contribution is 5.94. The zero-order chi connectivity index (χ0) is 23.6. The Labute approximate surface area is 188 Å². The van der Waals surface area contributed by atoms with Gasteiger partial charge in [-0.2, -0.15) is 13.2 Å². The maximum absolute atomic E-state index is 13.8. The third-order valence-corrected chi connectivity index (χ3v) is 6.26. The Balaban J connectivity index is 1.48. The molecule has 0 atom stereocenters. The standard InChI is InChI=1S/C22H25F4N5O2/c23-16-5-7-17(8-6-16)31-19(22(24,25)26)18(27-28-31)21(33)30-13-9-15(10-14-30)20(32)29-11-3-1-2-4-12-29/h5-8,15H,1-4,9-14H2. The zero-order valence-electron chi connectivity index (χ0n) is 18.0. The molecule has 0 saturated carbocycles. The number of amides is 2. The summed E-state index contributed by atoms with van der Waals surface area (Å²) in [5, 5.41) is 7.05. The first-order valence-electron chi connectivity index (χ1n) is 11.1. The van der Waals surface area contributed by atoms with Gasteiger partial charge in [-0.1, -0.05) is 18.1 Å². The smallest absolute Gasteiger partial charge is 0.342 e. The van der Waals surface area contributed by atoms with E-state index in [1.165, 1.54) is 4.90 Å². The van der Waals surface area contributed by atoms with E-state index < -0.39 is 29.3 Å². The lowest BCUT2D eigenvalue weighted by Crippen LogP contribution is -2.45. The predicted octanol–water partition coefficient (Wildman–Crippen LogP) is 3.68. The summed E-state index contributed by atoms with van der Waals surface area (Å²) in [4.78, 5) is 29.0. The minimum absolute atomic E-state index is 0.0583. The molecule has 0 radical (unpaired) electrons. The van der Waals surface area contributed by atoms with E-state index in [0.29, 0.717) is 17.5 Å². The van der Waals surface area contributed by atoms with Gasteiger partial charge < -0.3 is 9.80 Å². The summed E-state index contributed by atoms with van der Waals surface area (Å²) in [6.07, 6.45) is 0.0702. The lowest BCUT2D eigenvalue weighted by molar-refractivity contribution is -0.143. The van der Waals surface area contributed by atoms with E-state index in [2.05, 4.69) is 10.3 Å². The Morgan fingerprint density at radius 3 is 2.06 bits per heavy atom. The number of benzene rings is 1. The van der Waals surface area contributed by atoms with Crippen LogP contribution in [0, 0.1) is 11.7 Å². The number of carbonyl (C=O) groups excluding carboxylic acids is 2. The van der Waals surface area contributed by atoms with Crippen LogP contribution in [-0.4, -0.2) is 62.8 Å². The molecule has 2 aliphatic heterocycles. The minimum atomic E-state index is -4.90. The third-order valence-electron chi connectivity index (χ3n) is 6.26. The van der Waals surface area contributed by atoms with Gasteiger partial charge >= 0.3 is 6.18 Å². The van der Waals surface area contributed by atoms with Gasteiger partial charge in [-0.05, 0) is 49.9 Å². The van der Waals surface area contributed by atoms with Crippen molar-refractivity contribution < 1.29 is 27.2 Å². The number of hydrogen-bond donors (Lipinski definition) is 0. The van der Waals surface area contributed by atoms with Crippen molar-refractivity contribution in [1.82, 2.24) is 24.8 Å². The van der Waals surface area contributed by atoms with Crippen molar-refractivity contribution in [3.63, 3.8) is 0 Å². The molecule has 178 valence electrons. The molecule has 11 heteroatoms. The van der Waals surface area contributed by atoms with Gasteiger partial charge in [0.1, 0.15) is 5.82 Å². The van der Waals surface area contributed by atoms with Crippen LogP contribution in [0.15, 0.2) is 24.3 Å². The third kappa shape index (κ3) is 5.01. The lowest BCUT2D eigenvalue weighted by atomic mass is 9.94. The molecular formula is C22H25F4N5O2. The van der Waals surface area contributed by atoms with Gasteiger partial charge in [0, 0.05) is 32.1 Å². The lowest BCUT2D eigenvalue weighted by Gasteiger charge is -2.33. The Morgan fingerprint density at radius 2 is 1.48 bits per heavy atom. The molecule has 3 heterocycles. The van der Waals surface area contributed by atoms with Gasteiger partial charge in [0.25, 0.3) is 5.91 Å². The monoisotopic (exact) mass is 467 g/mol. The number of nitrogens with zero attached hydrogens (tertiary/aromatic N) is 5. The van der Waals surface area contributed by atoms with Crippen molar-refractivity contribution in [2.45, 2.75) is 44.7 Å². The van der Waals surface area contributed by atoms with E-state index in [9.17, 15) is 27.2 Å². The molecule has 0 aliphatic carbocycles. The first-order valence-corrected chi connectivity index (χ1v) is 11.1. The summed E-state index contributed by atoms with van der Waals surface area (Å²) in [5.74, 6) is -1.65. The maximum Gasteiger partial charge on any atom is 0.435 e. The van der Waals surface area contributed by atoms with Gasteiger partial charge in [0.05, 0.1) is 5.69 Å². The summed E-state index contributed by atoms with van der Waals surface area (Å²) in [6, 6.07) is 4.27. The molecule has 1 aromatic carbocycles. The van der Waals surface area contributed by atoms with Crippen LogP contribution in [0.2, 0.25) is 0 Å². The molecule has 0 spiro atoms. The number of aromatic nitrogens is 3. The number of carbonyl (C=O) groups is 2. The van der Waals surface area contributed by atoms with E-state index in [-0.39, 0.29) is 30.6 Å². The highest BCUT2D eigenvalue weighted by atomic mass is 19.4. The zero-order valence-corrected chi connectivity index (χ0v) is 18.0. The summed E-state index contributed by atoms with van der Waals surface area (Å²) >= 11 is 0. The number of likely N-dealkylation sites (tertiary alicyclic amines) is 2. The van der Waals surface area contributed by atoms with Gasteiger partial charge in [-0.25, -0.2) is 9.07 Å². The Kier molecular flexibility index (Phi) is 6.66. The number of halogens is 4. The topological polar surface area (TPSA) is 71.3 Å². The van der Waals surface area contributed by atoms with E-state index in [1.807, 2.05) is 4.90 Å². The molecule has 0 N–H and O–H groups in total. The van der Waals surface area contributed by atoms with Crippen LogP contribution < -0.4 is 0 Å². The van der Waals surface area contributed by atoms with Gasteiger partial charge in [-0.15, -0.1) is 5.10 Å². The van der Waals surface area contributed by atoms with Crippen molar-refractivity contribution in [2.24, 2.45) is 5.92 Å².